The summed E-state index contributed by atoms with van der Waals surface area (Å²) in [7, 11) is 2.03. The quantitative estimate of drug-likeness (QED) is 0.904. The lowest BCUT2D eigenvalue weighted by molar-refractivity contribution is 0.233. The Hall–Kier alpha value is -0.710. The van der Waals surface area contributed by atoms with E-state index in [1.54, 1.807) is 11.3 Å². The molecule has 1 aromatic heterocycles. The van der Waals surface area contributed by atoms with Crippen LogP contribution < -0.4 is 5.32 Å². The first-order valence-electron chi connectivity index (χ1n) is 6.60. The van der Waals surface area contributed by atoms with Crippen molar-refractivity contribution in [2.45, 2.75) is 24.7 Å². The molecule has 0 spiro atoms. The van der Waals surface area contributed by atoms with Gasteiger partial charge in [-0.15, -0.1) is 11.3 Å². The summed E-state index contributed by atoms with van der Waals surface area (Å²) in [6.45, 7) is 1.04. The van der Waals surface area contributed by atoms with E-state index in [9.17, 15) is 0 Å². The third-order valence-corrected chi connectivity index (χ3v) is 5.33. The number of rotatable bonds is 4. The zero-order chi connectivity index (χ0) is 13.3. The first-order chi connectivity index (χ1) is 9.23. The van der Waals surface area contributed by atoms with Crippen molar-refractivity contribution >= 4 is 27.3 Å². The van der Waals surface area contributed by atoms with Gasteiger partial charge in [-0.3, -0.25) is 0 Å². The number of nitrogens with one attached hydrogen (secondary N) is 1. The number of thiazole rings is 1. The van der Waals surface area contributed by atoms with E-state index in [1.165, 1.54) is 30.5 Å². The van der Waals surface area contributed by atoms with Crippen LogP contribution in [0.15, 0.2) is 34.1 Å². The van der Waals surface area contributed by atoms with Crippen LogP contribution in [0, 0.1) is 0 Å². The maximum Gasteiger partial charge on any atom is 0.123 e. The molecule has 19 heavy (non-hydrogen) atoms. The topological polar surface area (TPSA) is 24.9 Å². The Morgan fingerprint density at radius 2 is 2.26 bits per heavy atom. The molecule has 1 aromatic carbocycles. The normalized spacial score (nSPS) is 17.2. The molecule has 100 valence electrons. The fourth-order valence-electron chi connectivity index (χ4n) is 2.74. The average Bonchev–Trinajstić information content (AvgIpc) is 2.83. The van der Waals surface area contributed by atoms with Crippen molar-refractivity contribution < 1.29 is 0 Å². The number of benzene rings is 1. The average molecular weight is 337 g/mol. The van der Waals surface area contributed by atoms with Crippen molar-refractivity contribution in [3.05, 3.63) is 39.8 Å². The fraction of sp³-hybridized carbons (Fsp3) is 0.400. The molecule has 1 N–H and O–H groups in total. The molecule has 0 unspecified atom stereocenters. The summed E-state index contributed by atoms with van der Waals surface area (Å²) < 4.78 is 1.11. The van der Waals surface area contributed by atoms with Gasteiger partial charge in [0.15, 0.2) is 0 Å². The van der Waals surface area contributed by atoms with Gasteiger partial charge in [0.2, 0.25) is 0 Å². The zero-order valence-electron chi connectivity index (χ0n) is 10.9. The molecule has 0 bridgehead atoms. The maximum atomic E-state index is 4.89. The summed E-state index contributed by atoms with van der Waals surface area (Å²) in [5.41, 5.74) is 2.76. The molecule has 3 rings (SSSR count). The molecule has 0 amide bonds. The lowest BCUT2D eigenvalue weighted by atomic mass is 9.67. The van der Waals surface area contributed by atoms with Gasteiger partial charge >= 0.3 is 0 Å². The van der Waals surface area contributed by atoms with Crippen LogP contribution in [0.5, 0.6) is 0 Å². The Balaban J connectivity index is 1.91. The van der Waals surface area contributed by atoms with Gasteiger partial charge in [-0.05, 0) is 32.0 Å². The van der Waals surface area contributed by atoms with Crippen molar-refractivity contribution in [3.63, 3.8) is 0 Å². The zero-order valence-corrected chi connectivity index (χ0v) is 13.4. The van der Waals surface area contributed by atoms with Crippen molar-refractivity contribution in [1.29, 1.82) is 0 Å². The first kappa shape index (κ1) is 13.3. The van der Waals surface area contributed by atoms with Crippen LogP contribution in [-0.2, 0) is 5.41 Å². The third-order valence-electron chi connectivity index (χ3n) is 3.94. The second-order valence-electron chi connectivity index (χ2n) is 5.21. The van der Waals surface area contributed by atoms with Gasteiger partial charge in [0.25, 0.3) is 0 Å². The summed E-state index contributed by atoms with van der Waals surface area (Å²) in [4.78, 5) is 4.89. The van der Waals surface area contributed by atoms with Crippen LogP contribution in [0.4, 0.5) is 0 Å². The van der Waals surface area contributed by atoms with E-state index in [4.69, 9.17) is 4.98 Å². The van der Waals surface area contributed by atoms with E-state index in [-0.39, 0.29) is 5.41 Å². The maximum absolute atomic E-state index is 4.89. The molecule has 0 aliphatic heterocycles. The van der Waals surface area contributed by atoms with Gasteiger partial charge in [0.1, 0.15) is 5.01 Å². The van der Waals surface area contributed by atoms with E-state index < -0.39 is 0 Å². The molecule has 4 heteroatoms. The van der Waals surface area contributed by atoms with E-state index in [2.05, 4.69) is 44.8 Å². The van der Waals surface area contributed by atoms with Gasteiger partial charge in [-0.2, -0.15) is 0 Å². The minimum Gasteiger partial charge on any atom is -0.319 e. The molecule has 2 aromatic rings. The molecular formula is C15H17BrN2S. The fourth-order valence-corrected chi connectivity index (χ4v) is 4.08. The highest BCUT2D eigenvalue weighted by atomic mass is 79.9. The predicted octanol–water partition coefficient (Wildman–Crippen LogP) is 4.21. The summed E-state index contributed by atoms with van der Waals surface area (Å²) in [6.07, 6.45) is 3.84. The molecule has 0 radical (unpaired) electrons. The van der Waals surface area contributed by atoms with Crippen LogP contribution in [0.25, 0.3) is 10.6 Å². The SMILES string of the molecule is CNCC1(c2csc(-c3cccc(Br)c3)n2)CCC1. The Morgan fingerprint density at radius 3 is 2.89 bits per heavy atom. The Kier molecular flexibility index (Phi) is 3.74. The molecular weight excluding hydrogens is 320 g/mol. The lowest BCUT2D eigenvalue weighted by Gasteiger charge is -2.40. The van der Waals surface area contributed by atoms with E-state index in [0.29, 0.717) is 0 Å². The second kappa shape index (κ2) is 5.35. The van der Waals surface area contributed by atoms with Gasteiger partial charge in [0.05, 0.1) is 5.69 Å². The monoisotopic (exact) mass is 336 g/mol. The lowest BCUT2D eigenvalue weighted by Crippen LogP contribution is -2.43. The van der Waals surface area contributed by atoms with Gasteiger partial charge < -0.3 is 5.32 Å². The summed E-state index contributed by atoms with van der Waals surface area (Å²) >= 11 is 5.28. The predicted molar refractivity (Wildman–Crippen MR) is 84.7 cm³/mol. The van der Waals surface area contributed by atoms with E-state index in [1.807, 2.05) is 13.1 Å². The molecule has 1 saturated carbocycles. The molecule has 0 atom stereocenters. The van der Waals surface area contributed by atoms with Crippen LogP contribution in [0.1, 0.15) is 25.0 Å². The number of hydrogen-bond donors (Lipinski definition) is 1. The summed E-state index contributed by atoms with van der Waals surface area (Å²) in [5.74, 6) is 0. The Bertz CT molecular complexity index is 575. The van der Waals surface area contributed by atoms with E-state index >= 15 is 0 Å². The number of hydrogen-bond acceptors (Lipinski definition) is 3. The molecule has 1 aliphatic rings. The van der Waals surface area contributed by atoms with E-state index in [0.717, 1.165) is 16.0 Å². The largest absolute Gasteiger partial charge is 0.319 e. The third kappa shape index (κ3) is 2.49. The highest BCUT2D eigenvalue weighted by Gasteiger charge is 2.40. The van der Waals surface area contributed by atoms with Gasteiger partial charge in [-0.25, -0.2) is 4.98 Å². The van der Waals surface area contributed by atoms with Gasteiger partial charge in [-0.1, -0.05) is 34.5 Å². The van der Waals surface area contributed by atoms with Crippen LogP contribution >= 0.6 is 27.3 Å². The summed E-state index contributed by atoms with van der Waals surface area (Å²) in [5, 5.41) is 6.69. The smallest absolute Gasteiger partial charge is 0.123 e. The molecule has 1 aliphatic carbocycles. The number of nitrogens with zero attached hydrogens (tertiary/aromatic N) is 1. The van der Waals surface area contributed by atoms with Crippen LogP contribution in [-0.4, -0.2) is 18.6 Å². The molecule has 0 saturated heterocycles. The van der Waals surface area contributed by atoms with Crippen LogP contribution in [0.2, 0.25) is 0 Å². The Morgan fingerprint density at radius 1 is 1.42 bits per heavy atom. The highest BCUT2D eigenvalue weighted by molar-refractivity contribution is 9.10. The van der Waals surface area contributed by atoms with Crippen molar-refractivity contribution in [1.82, 2.24) is 10.3 Å². The second-order valence-corrected chi connectivity index (χ2v) is 6.99. The van der Waals surface area contributed by atoms with Crippen molar-refractivity contribution in [2.24, 2.45) is 0 Å². The van der Waals surface area contributed by atoms with Crippen molar-refractivity contribution in [3.8, 4) is 10.6 Å². The minimum atomic E-state index is 0.287. The molecule has 1 heterocycles. The highest BCUT2D eigenvalue weighted by Crippen LogP contribution is 2.44. The van der Waals surface area contributed by atoms with Crippen molar-refractivity contribution in [2.75, 3.05) is 13.6 Å². The molecule has 2 nitrogen and oxygen atoms in total. The van der Waals surface area contributed by atoms with Gasteiger partial charge in [0, 0.05) is 27.4 Å². The number of halogens is 1. The molecule has 1 fully saturated rings. The first-order valence-corrected chi connectivity index (χ1v) is 8.27. The summed E-state index contributed by atoms with van der Waals surface area (Å²) in [6, 6.07) is 8.37. The number of aromatic nitrogens is 1. The Labute approximate surface area is 126 Å². The standard InChI is InChI=1S/C15H17BrN2S/c1-17-10-15(6-3-7-15)13-9-19-14(18-13)11-4-2-5-12(16)8-11/h2,4-5,8-9,17H,3,6-7,10H2,1H3. The van der Waals surface area contributed by atoms with Crippen LogP contribution in [0.3, 0.4) is 0 Å². The minimum absolute atomic E-state index is 0.287. The number of likely N-dealkylation sites (N-methyl/N-ethyl adjacent to an activating group) is 1.